The van der Waals surface area contributed by atoms with Crippen LogP contribution in [0.5, 0.6) is 0 Å². The van der Waals surface area contributed by atoms with Gasteiger partial charge in [-0.1, -0.05) is 41.7 Å². The van der Waals surface area contributed by atoms with Gasteiger partial charge in [0.05, 0.1) is 0 Å². The van der Waals surface area contributed by atoms with E-state index >= 15 is 0 Å². The molecule has 0 N–H and O–H groups in total. The van der Waals surface area contributed by atoms with Gasteiger partial charge < -0.3 is 9.80 Å². The van der Waals surface area contributed by atoms with Crippen molar-refractivity contribution in [3.8, 4) is 0 Å². The van der Waals surface area contributed by atoms with Crippen molar-refractivity contribution >= 4 is 27.3 Å². The van der Waals surface area contributed by atoms with E-state index in [2.05, 4.69) is 15.0 Å². The van der Waals surface area contributed by atoms with E-state index in [0.29, 0.717) is 11.5 Å². The van der Waals surface area contributed by atoms with Crippen LogP contribution in [0.3, 0.4) is 0 Å². The topological polar surface area (TPSA) is 70.8 Å². The molecule has 8 heteroatoms. The maximum atomic E-state index is 12.9. The predicted octanol–water partition coefficient (Wildman–Crippen LogP) is 2.02. The highest BCUT2D eigenvalue weighted by Gasteiger charge is 2.22. The SMILES string of the molecule is CN(Cc1ccccc1)C(=O)c1cc(=O)nc2sc(N3CCCC3)nn12. The van der Waals surface area contributed by atoms with E-state index in [0.717, 1.165) is 36.6 Å². The van der Waals surface area contributed by atoms with Gasteiger partial charge in [-0.05, 0) is 18.4 Å². The highest BCUT2D eigenvalue weighted by atomic mass is 32.1. The molecule has 1 aromatic carbocycles. The van der Waals surface area contributed by atoms with Crippen LogP contribution >= 0.6 is 11.3 Å². The molecule has 1 amide bonds. The van der Waals surface area contributed by atoms with Crippen LogP contribution < -0.4 is 10.5 Å². The lowest BCUT2D eigenvalue weighted by atomic mass is 10.2. The number of rotatable bonds is 4. The predicted molar refractivity (Wildman–Crippen MR) is 101 cm³/mol. The minimum absolute atomic E-state index is 0.248. The Labute approximate surface area is 154 Å². The number of benzene rings is 1. The molecule has 0 atom stereocenters. The maximum Gasteiger partial charge on any atom is 0.274 e. The molecule has 134 valence electrons. The molecule has 26 heavy (non-hydrogen) atoms. The van der Waals surface area contributed by atoms with Crippen molar-refractivity contribution in [2.75, 3.05) is 25.0 Å². The number of hydrogen-bond acceptors (Lipinski definition) is 6. The van der Waals surface area contributed by atoms with E-state index < -0.39 is 5.56 Å². The van der Waals surface area contributed by atoms with Crippen LogP contribution in [0.4, 0.5) is 5.13 Å². The van der Waals surface area contributed by atoms with Crippen LogP contribution in [0.1, 0.15) is 28.9 Å². The molecule has 3 aromatic rings. The molecular formula is C18H19N5O2S. The smallest absolute Gasteiger partial charge is 0.274 e. The highest BCUT2D eigenvalue weighted by molar-refractivity contribution is 7.20. The minimum atomic E-state index is -0.418. The third-order valence-corrected chi connectivity index (χ3v) is 5.42. The van der Waals surface area contributed by atoms with E-state index in [9.17, 15) is 9.59 Å². The summed E-state index contributed by atoms with van der Waals surface area (Å²) in [4.78, 5) is 33.2. The first-order valence-electron chi connectivity index (χ1n) is 8.57. The molecule has 0 saturated carbocycles. The molecule has 0 spiro atoms. The van der Waals surface area contributed by atoms with Crippen molar-refractivity contribution in [1.82, 2.24) is 19.5 Å². The van der Waals surface area contributed by atoms with Gasteiger partial charge in [-0.25, -0.2) is 0 Å². The van der Waals surface area contributed by atoms with Gasteiger partial charge in [-0.3, -0.25) is 9.59 Å². The highest BCUT2D eigenvalue weighted by Crippen LogP contribution is 2.25. The van der Waals surface area contributed by atoms with Crippen LogP contribution in [0.25, 0.3) is 4.96 Å². The lowest BCUT2D eigenvalue weighted by molar-refractivity contribution is 0.0776. The van der Waals surface area contributed by atoms with Gasteiger partial charge in [0.1, 0.15) is 5.69 Å². The summed E-state index contributed by atoms with van der Waals surface area (Å²) in [5.41, 5.74) is 0.857. The Bertz CT molecular complexity index is 992. The second-order valence-electron chi connectivity index (χ2n) is 6.40. The molecule has 1 fully saturated rings. The second-order valence-corrected chi connectivity index (χ2v) is 7.33. The second kappa shape index (κ2) is 6.87. The molecule has 0 unspecified atom stereocenters. The zero-order valence-electron chi connectivity index (χ0n) is 14.5. The first-order valence-corrected chi connectivity index (χ1v) is 9.39. The summed E-state index contributed by atoms with van der Waals surface area (Å²) in [6, 6.07) is 11.0. The van der Waals surface area contributed by atoms with Crippen molar-refractivity contribution in [3.63, 3.8) is 0 Å². The lowest BCUT2D eigenvalue weighted by Crippen LogP contribution is -2.30. The first kappa shape index (κ1) is 16.7. The number of nitrogens with zero attached hydrogens (tertiary/aromatic N) is 5. The molecule has 2 aromatic heterocycles. The van der Waals surface area contributed by atoms with Crippen LogP contribution in [0.15, 0.2) is 41.2 Å². The van der Waals surface area contributed by atoms with Gasteiger partial charge in [0.2, 0.25) is 10.1 Å². The van der Waals surface area contributed by atoms with E-state index in [1.165, 1.54) is 21.9 Å². The van der Waals surface area contributed by atoms with Crippen LogP contribution in [0, 0.1) is 0 Å². The van der Waals surface area contributed by atoms with Gasteiger partial charge in [0.25, 0.3) is 11.5 Å². The zero-order valence-corrected chi connectivity index (χ0v) is 15.3. The molecule has 3 heterocycles. The van der Waals surface area contributed by atoms with E-state index in [1.807, 2.05) is 30.3 Å². The van der Waals surface area contributed by atoms with Gasteiger partial charge in [0.15, 0.2) is 0 Å². The number of amides is 1. The number of aromatic nitrogens is 3. The van der Waals surface area contributed by atoms with E-state index in [1.54, 1.807) is 11.9 Å². The van der Waals surface area contributed by atoms with Gasteiger partial charge >= 0.3 is 0 Å². The lowest BCUT2D eigenvalue weighted by Gasteiger charge is -2.17. The molecular weight excluding hydrogens is 350 g/mol. The molecule has 4 rings (SSSR count). The molecule has 1 aliphatic heterocycles. The third kappa shape index (κ3) is 3.20. The summed E-state index contributed by atoms with van der Waals surface area (Å²) < 4.78 is 1.50. The summed E-state index contributed by atoms with van der Waals surface area (Å²) in [5, 5.41) is 5.36. The van der Waals surface area contributed by atoms with Crippen molar-refractivity contribution in [2.24, 2.45) is 0 Å². The Kier molecular flexibility index (Phi) is 4.42. The van der Waals surface area contributed by atoms with Gasteiger partial charge in [0, 0.05) is 32.7 Å². The average Bonchev–Trinajstić information content (AvgIpc) is 3.30. The fourth-order valence-corrected chi connectivity index (χ4v) is 4.08. The number of carbonyl (C=O) groups excluding carboxylic acids is 1. The summed E-state index contributed by atoms with van der Waals surface area (Å²) in [7, 11) is 1.72. The van der Waals surface area contributed by atoms with Crippen LogP contribution in [-0.4, -0.2) is 45.5 Å². The molecule has 1 saturated heterocycles. The first-order chi connectivity index (χ1) is 12.6. The number of hydrogen-bond donors (Lipinski definition) is 0. The monoisotopic (exact) mass is 369 g/mol. The molecule has 1 aliphatic rings. The molecule has 0 radical (unpaired) electrons. The largest absolute Gasteiger partial charge is 0.347 e. The van der Waals surface area contributed by atoms with Gasteiger partial charge in [-0.2, -0.15) is 9.50 Å². The standard InChI is InChI=1S/C18H19N5O2S/c1-21(12-13-7-3-2-4-8-13)16(25)14-11-15(24)19-17-23(14)20-18(26-17)22-9-5-6-10-22/h2-4,7-8,11H,5-6,9-10,12H2,1H3. The number of carbonyl (C=O) groups is 1. The Balaban J connectivity index is 1.68. The normalized spacial score (nSPS) is 14.1. The fraction of sp³-hybridized carbons (Fsp3) is 0.333. The minimum Gasteiger partial charge on any atom is -0.347 e. The van der Waals surface area contributed by atoms with Crippen molar-refractivity contribution < 1.29 is 4.79 Å². The van der Waals surface area contributed by atoms with Gasteiger partial charge in [-0.15, -0.1) is 5.10 Å². The zero-order chi connectivity index (χ0) is 18.1. The third-order valence-electron chi connectivity index (χ3n) is 4.45. The Hall–Kier alpha value is -2.74. The van der Waals surface area contributed by atoms with Crippen molar-refractivity contribution in [3.05, 3.63) is 58.0 Å². The summed E-state index contributed by atoms with van der Waals surface area (Å²) in [6.07, 6.45) is 2.26. The Morgan fingerprint density at radius 3 is 2.69 bits per heavy atom. The summed E-state index contributed by atoms with van der Waals surface area (Å²) in [5.74, 6) is -0.248. The molecule has 0 aliphatic carbocycles. The van der Waals surface area contributed by atoms with Crippen LogP contribution in [0.2, 0.25) is 0 Å². The molecule has 7 nitrogen and oxygen atoms in total. The average molecular weight is 369 g/mol. The van der Waals surface area contributed by atoms with E-state index in [4.69, 9.17) is 0 Å². The quantitative estimate of drug-likeness (QED) is 0.704. The van der Waals surface area contributed by atoms with Crippen molar-refractivity contribution in [2.45, 2.75) is 19.4 Å². The Morgan fingerprint density at radius 2 is 1.96 bits per heavy atom. The number of anilines is 1. The number of fused-ring (bicyclic) bond motifs is 1. The molecule has 0 bridgehead atoms. The van der Waals surface area contributed by atoms with E-state index in [-0.39, 0.29) is 11.6 Å². The van der Waals surface area contributed by atoms with Crippen molar-refractivity contribution in [1.29, 1.82) is 0 Å². The maximum absolute atomic E-state index is 12.9. The summed E-state index contributed by atoms with van der Waals surface area (Å²) in [6.45, 7) is 2.35. The Morgan fingerprint density at radius 1 is 1.23 bits per heavy atom. The van der Waals surface area contributed by atoms with Crippen LogP contribution in [-0.2, 0) is 6.54 Å². The summed E-state index contributed by atoms with van der Waals surface area (Å²) >= 11 is 1.35. The fourth-order valence-electron chi connectivity index (χ4n) is 3.12.